The topological polar surface area (TPSA) is 44.1 Å². The van der Waals surface area contributed by atoms with Crippen molar-refractivity contribution in [3.05, 3.63) is 48.0 Å². The Kier molecular flexibility index (Phi) is 3.77. The van der Waals surface area contributed by atoms with Gasteiger partial charge in [-0.1, -0.05) is 0 Å². The Morgan fingerprint density at radius 2 is 2.06 bits per heavy atom. The highest BCUT2D eigenvalue weighted by Gasteiger charge is 2.05. The second-order valence-electron chi connectivity index (χ2n) is 4.36. The van der Waals surface area contributed by atoms with E-state index in [1.54, 1.807) is 36.8 Å². The summed E-state index contributed by atoms with van der Waals surface area (Å²) in [5.74, 6) is 0.747. The van der Waals surface area contributed by atoms with E-state index in [0.717, 1.165) is 17.7 Å². The first-order valence-corrected chi connectivity index (χ1v) is 5.89. The minimum absolute atomic E-state index is 0.364. The van der Waals surface area contributed by atoms with Gasteiger partial charge < -0.3 is 9.30 Å². The molecule has 0 aliphatic rings. The molecule has 1 aromatic carbocycles. The number of rotatable bonds is 5. The fourth-order valence-electron chi connectivity index (χ4n) is 1.71. The van der Waals surface area contributed by atoms with Crippen LogP contribution < -0.4 is 4.74 Å². The maximum atomic E-state index is 10.5. The smallest absolute Gasteiger partial charge is 0.150 e. The molecule has 94 valence electrons. The zero-order valence-corrected chi connectivity index (χ0v) is 10.5. The van der Waals surface area contributed by atoms with Gasteiger partial charge in [-0.3, -0.25) is 4.79 Å². The number of hydrogen-bond donors (Lipinski definition) is 0. The molecule has 0 aliphatic carbocycles. The molecular formula is C14H16N2O2. The summed E-state index contributed by atoms with van der Waals surface area (Å²) in [6, 6.07) is 7.42. The minimum atomic E-state index is 0.364. The van der Waals surface area contributed by atoms with Crippen LogP contribution >= 0.6 is 0 Å². The predicted octanol–water partition coefficient (Wildman–Crippen LogP) is 2.86. The van der Waals surface area contributed by atoms with Crippen molar-refractivity contribution >= 4 is 6.29 Å². The van der Waals surface area contributed by atoms with E-state index >= 15 is 0 Å². The Hall–Kier alpha value is -2.10. The number of benzene rings is 1. The van der Waals surface area contributed by atoms with Crippen molar-refractivity contribution < 1.29 is 9.53 Å². The Bertz CT molecular complexity index is 515. The van der Waals surface area contributed by atoms with Gasteiger partial charge in [0.25, 0.3) is 0 Å². The number of imidazole rings is 1. The van der Waals surface area contributed by atoms with Gasteiger partial charge in [-0.25, -0.2) is 4.98 Å². The van der Waals surface area contributed by atoms with Crippen molar-refractivity contribution in [3.8, 4) is 5.75 Å². The van der Waals surface area contributed by atoms with E-state index in [9.17, 15) is 4.79 Å². The molecule has 4 heteroatoms. The Morgan fingerprint density at radius 1 is 1.33 bits per heavy atom. The Balaban J connectivity index is 2.02. The molecule has 0 bridgehead atoms. The number of carbonyl (C=O) groups is 1. The van der Waals surface area contributed by atoms with Gasteiger partial charge >= 0.3 is 0 Å². The van der Waals surface area contributed by atoms with Crippen LogP contribution in [0.25, 0.3) is 0 Å². The van der Waals surface area contributed by atoms with Crippen LogP contribution in [-0.4, -0.2) is 15.8 Å². The summed E-state index contributed by atoms with van der Waals surface area (Å²) in [4.78, 5) is 14.6. The fraction of sp³-hybridized carbons (Fsp3) is 0.286. The van der Waals surface area contributed by atoms with Crippen molar-refractivity contribution in [2.75, 3.05) is 0 Å². The van der Waals surface area contributed by atoms with Crippen LogP contribution in [0.3, 0.4) is 0 Å². The lowest BCUT2D eigenvalue weighted by Gasteiger charge is -2.12. The number of carbonyl (C=O) groups excluding carboxylic acids is 1. The molecular weight excluding hydrogens is 228 g/mol. The molecule has 1 aromatic heterocycles. The summed E-state index contributed by atoms with van der Waals surface area (Å²) >= 11 is 0. The summed E-state index contributed by atoms with van der Waals surface area (Å²) in [7, 11) is 0. The van der Waals surface area contributed by atoms with E-state index in [4.69, 9.17) is 4.74 Å². The quantitative estimate of drug-likeness (QED) is 0.760. The van der Waals surface area contributed by atoms with Gasteiger partial charge in [0.15, 0.2) is 0 Å². The van der Waals surface area contributed by atoms with E-state index in [0.29, 0.717) is 18.2 Å². The maximum Gasteiger partial charge on any atom is 0.150 e. The van der Waals surface area contributed by atoms with E-state index in [2.05, 4.69) is 23.4 Å². The van der Waals surface area contributed by atoms with E-state index in [1.807, 2.05) is 0 Å². The second-order valence-corrected chi connectivity index (χ2v) is 4.36. The number of nitrogens with zero attached hydrogens (tertiary/aromatic N) is 2. The SMILES string of the molecule is CC(C)n1cncc1COc1ccc(C=O)cc1. The zero-order chi connectivity index (χ0) is 13.0. The molecule has 1 heterocycles. The van der Waals surface area contributed by atoms with Gasteiger partial charge in [0, 0.05) is 11.6 Å². The highest BCUT2D eigenvalue weighted by atomic mass is 16.5. The molecule has 2 aromatic rings. The van der Waals surface area contributed by atoms with Gasteiger partial charge in [0.1, 0.15) is 18.6 Å². The average molecular weight is 244 g/mol. The van der Waals surface area contributed by atoms with Gasteiger partial charge in [-0.15, -0.1) is 0 Å². The molecule has 0 aliphatic heterocycles. The van der Waals surface area contributed by atoms with Crippen molar-refractivity contribution in [2.45, 2.75) is 26.5 Å². The molecule has 0 amide bonds. The first-order valence-electron chi connectivity index (χ1n) is 5.89. The summed E-state index contributed by atoms with van der Waals surface area (Å²) in [5.41, 5.74) is 1.68. The Morgan fingerprint density at radius 3 is 2.67 bits per heavy atom. The van der Waals surface area contributed by atoms with Gasteiger partial charge in [-0.2, -0.15) is 0 Å². The van der Waals surface area contributed by atoms with E-state index < -0.39 is 0 Å². The lowest BCUT2D eigenvalue weighted by molar-refractivity contribution is 0.112. The van der Waals surface area contributed by atoms with Gasteiger partial charge in [0.05, 0.1) is 18.2 Å². The van der Waals surface area contributed by atoms with Gasteiger partial charge in [0.2, 0.25) is 0 Å². The summed E-state index contributed by atoms with van der Waals surface area (Å²) in [6.07, 6.45) is 4.43. The third kappa shape index (κ3) is 2.77. The van der Waals surface area contributed by atoms with Crippen LogP contribution in [0.4, 0.5) is 0 Å². The molecule has 4 nitrogen and oxygen atoms in total. The summed E-state index contributed by atoms with van der Waals surface area (Å²) in [6.45, 7) is 4.67. The average Bonchev–Trinajstić information content (AvgIpc) is 2.85. The number of hydrogen-bond acceptors (Lipinski definition) is 3. The molecule has 2 rings (SSSR count). The summed E-state index contributed by atoms with van der Waals surface area (Å²) in [5, 5.41) is 0. The van der Waals surface area contributed by atoms with Crippen LogP contribution in [0.2, 0.25) is 0 Å². The third-order valence-electron chi connectivity index (χ3n) is 2.71. The molecule has 18 heavy (non-hydrogen) atoms. The second kappa shape index (κ2) is 5.49. The summed E-state index contributed by atoms with van der Waals surface area (Å²) < 4.78 is 7.73. The molecule has 0 unspecified atom stereocenters. The zero-order valence-electron chi connectivity index (χ0n) is 10.5. The predicted molar refractivity (Wildman–Crippen MR) is 68.8 cm³/mol. The molecule has 0 spiro atoms. The van der Waals surface area contributed by atoms with Crippen LogP contribution in [-0.2, 0) is 6.61 Å². The molecule has 0 radical (unpaired) electrons. The van der Waals surface area contributed by atoms with E-state index in [1.165, 1.54) is 0 Å². The van der Waals surface area contributed by atoms with Crippen LogP contribution in [0, 0.1) is 0 Å². The first kappa shape index (κ1) is 12.4. The lowest BCUT2D eigenvalue weighted by Crippen LogP contribution is -2.07. The molecule has 0 saturated heterocycles. The monoisotopic (exact) mass is 244 g/mol. The number of ether oxygens (including phenoxy) is 1. The molecule has 0 atom stereocenters. The Labute approximate surface area is 106 Å². The standard InChI is InChI=1S/C14H16N2O2/c1-11(2)16-10-15-7-13(16)9-18-14-5-3-12(8-17)4-6-14/h3-8,10-11H,9H2,1-2H3. The minimum Gasteiger partial charge on any atom is -0.487 e. The van der Waals surface area contributed by atoms with Crippen molar-refractivity contribution in [1.82, 2.24) is 9.55 Å². The molecule has 0 fully saturated rings. The maximum absolute atomic E-state index is 10.5. The van der Waals surface area contributed by atoms with Crippen molar-refractivity contribution in [3.63, 3.8) is 0 Å². The third-order valence-corrected chi connectivity index (χ3v) is 2.71. The van der Waals surface area contributed by atoms with Crippen LogP contribution in [0.15, 0.2) is 36.8 Å². The van der Waals surface area contributed by atoms with Crippen LogP contribution in [0.1, 0.15) is 35.9 Å². The van der Waals surface area contributed by atoms with Crippen LogP contribution in [0.5, 0.6) is 5.75 Å². The fourth-order valence-corrected chi connectivity index (χ4v) is 1.71. The number of aromatic nitrogens is 2. The normalized spacial score (nSPS) is 10.6. The highest BCUT2D eigenvalue weighted by Crippen LogP contribution is 2.15. The molecule has 0 N–H and O–H groups in total. The first-order chi connectivity index (χ1) is 8.70. The van der Waals surface area contributed by atoms with Crippen molar-refractivity contribution in [1.29, 1.82) is 0 Å². The van der Waals surface area contributed by atoms with E-state index in [-0.39, 0.29) is 0 Å². The number of aldehydes is 1. The largest absolute Gasteiger partial charge is 0.487 e. The molecule has 0 saturated carbocycles. The lowest BCUT2D eigenvalue weighted by atomic mass is 10.2. The van der Waals surface area contributed by atoms with Crippen molar-refractivity contribution in [2.24, 2.45) is 0 Å². The van der Waals surface area contributed by atoms with Gasteiger partial charge in [-0.05, 0) is 38.1 Å². The highest BCUT2D eigenvalue weighted by molar-refractivity contribution is 5.74.